The summed E-state index contributed by atoms with van der Waals surface area (Å²) in [4.78, 5) is 26.0. The topological polar surface area (TPSA) is 96.3 Å². The van der Waals surface area contributed by atoms with Crippen molar-refractivity contribution in [3.05, 3.63) is 18.2 Å². The average molecular weight is 266 g/mol. The van der Waals surface area contributed by atoms with Gasteiger partial charge in [0.2, 0.25) is 5.91 Å². The number of carboxylic acids is 1. The predicted molar refractivity (Wildman–Crippen MR) is 67.8 cm³/mol. The number of hydrogen-bond donors (Lipinski definition) is 3. The van der Waals surface area contributed by atoms with Gasteiger partial charge in [0.25, 0.3) is 0 Å². The molecule has 1 amide bonds. The van der Waals surface area contributed by atoms with Gasteiger partial charge in [-0.25, -0.2) is 9.78 Å². The normalized spacial score (nSPS) is 18.4. The molecular formula is C12H18N4O3. The minimum absolute atomic E-state index is 0.0153. The van der Waals surface area contributed by atoms with Crippen molar-refractivity contribution in [2.24, 2.45) is 0 Å². The van der Waals surface area contributed by atoms with Crippen LogP contribution in [0.25, 0.3) is 0 Å². The van der Waals surface area contributed by atoms with Gasteiger partial charge in [0.1, 0.15) is 0 Å². The van der Waals surface area contributed by atoms with E-state index in [-0.39, 0.29) is 11.6 Å². The summed E-state index contributed by atoms with van der Waals surface area (Å²) in [6.07, 6.45) is 5.59. The Kier molecular flexibility index (Phi) is 4.51. The van der Waals surface area contributed by atoms with Crippen molar-refractivity contribution in [2.45, 2.75) is 31.8 Å². The Labute approximate surface area is 111 Å². The summed E-state index contributed by atoms with van der Waals surface area (Å²) in [6, 6.07) is 0.298. The van der Waals surface area contributed by atoms with Gasteiger partial charge >= 0.3 is 5.97 Å². The van der Waals surface area contributed by atoms with Crippen molar-refractivity contribution in [2.75, 3.05) is 13.1 Å². The maximum atomic E-state index is 11.6. The maximum absolute atomic E-state index is 11.6. The Hall–Kier alpha value is -1.89. The first-order valence-corrected chi connectivity index (χ1v) is 6.40. The zero-order valence-electron chi connectivity index (χ0n) is 10.6. The van der Waals surface area contributed by atoms with Crippen LogP contribution in [0.4, 0.5) is 0 Å². The maximum Gasteiger partial charge on any atom is 0.356 e. The van der Waals surface area contributed by atoms with Gasteiger partial charge in [0, 0.05) is 31.7 Å². The second-order valence-electron chi connectivity index (χ2n) is 4.65. The highest BCUT2D eigenvalue weighted by Gasteiger charge is 2.17. The predicted octanol–water partition coefficient (Wildman–Crippen LogP) is -0.160. The zero-order valence-corrected chi connectivity index (χ0v) is 10.6. The fourth-order valence-electron chi connectivity index (χ4n) is 2.14. The molecule has 1 aliphatic rings. The minimum Gasteiger partial charge on any atom is -0.476 e. The van der Waals surface area contributed by atoms with Gasteiger partial charge in [-0.15, -0.1) is 0 Å². The van der Waals surface area contributed by atoms with Crippen LogP contribution in [-0.2, 0) is 11.3 Å². The second kappa shape index (κ2) is 6.33. The standard InChI is InChI=1S/C12H18N4O3/c17-11(6-9-2-1-3-13-9)14-4-5-16-7-10(12(18)19)15-8-16/h7-9,13H,1-6H2,(H,14,17)(H,18,19). The average Bonchev–Trinajstić information content (AvgIpc) is 3.00. The Bertz CT molecular complexity index is 452. The molecule has 1 aromatic heterocycles. The highest BCUT2D eigenvalue weighted by Crippen LogP contribution is 2.08. The van der Waals surface area contributed by atoms with Crippen LogP contribution in [0, 0.1) is 0 Å². The lowest BCUT2D eigenvalue weighted by molar-refractivity contribution is -0.121. The van der Waals surface area contributed by atoms with Crippen molar-refractivity contribution in [3.8, 4) is 0 Å². The van der Waals surface area contributed by atoms with E-state index >= 15 is 0 Å². The molecule has 1 unspecified atom stereocenters. The molecule has 1 aromatic rings. The molecule has 104 valence electrons. The molecule has 0 aliphatic carbocycles. The van der Waals surface area contributed by atoms with Crippen molar-refractivity contribution in [3.63, 3.8) is 0 Å². The molecule has 1 saturated heterocycles. The van der Waals surface area contributed by atoms with E-state index in [9.17, 15) is 9.59 Å². The second-order valence-corrected chi connectivity index (χ2v) is 4.65. The van der Waals surface area contributed by atoms with Crippen LogP contribution >= 0.6 is 0 Å². The number of aromatic nitrogens is 2. The molecule has 1 atom stereocenters. The van der Waals surface area contributed by atoms with Crippen LogP contribution in [0.3, 0.4) is 0 Å². The molecule has 3 N–H and O–H groups in total. The van der Waals surface area contributed by atoms with Gasteiger partial charge in [-0.05, 0) is 19.4 Å². The highest BCUT2D eigenvalue weighted by molar-refractivity contribution is 5.84. The first kappa shape index (κ1) is 13.5. The fraction of sp³-hybridized carbons (Fsp3) is 0.583. The lowest BCUT2D eigenvalue weighted by Gasteiger charge is -2.10. The summed E-state index contributed by atoms with van der Waals surface area (Å²) in [7, 11) is 0. The third kappa shape index (κ3) is 4.06. The number of carbonyl (C=O) groups is 2. The lowest BCUT2D eigenvalue weighted by atomic mass is 10.1. The van der Waals surface area contributed by atoms with Gasteiger partial charge in [-0.2, -0.15) is 0 Å². The summed E-state index contributed by atoms with van der Waals surface area (Å²) in [5.41, 5.74) is 0.0153. The van der Waals surface area contributed by atoms with E-state index in [2.05, 4.69) is 15.6 Å². The molecule has 0 bridgehead atoms. The summed E-state index contributed by atoms with van der Waals surface area (Å²) in [6.45, 7) is 1.98. The monoisotopic (exact) mass is 266 g/mol. The van der Waals surface area contributed by atoms with Gasteiger partial charge in [0.05, 0.1) is 6.33 Å². The lowest BCUT2D eigenvalue weighted by Crippen LogP contribution is -2.33. The minimum atomic E-state index is -1.05. The molecule has 1 fully saturated rings. The molecule has 7 nitrogen and oxygen atoms in total. The van der Waals surface area contributed by atoms with E-state index in [1.54, 1.807) is 4.57 Å². The number of hydrogen-bond acceptors (Lipinski definition) is 4. The summed E-state index contributed by atoms with van der Waals surface area (Å²) >= 11 is 0. The summed E-state index contributed by atoms with van der Waals surface area (Å²) in [5, 5.41) is 14.8. The molecule has 2 rings (SSSR count). The van der Waals surface area contributed by atoms with Crippen molar-refractivity contribution in [1.82, 2.24) is 20.2 Å². The van der Waals surface area contributed by atoms with E-state index in [4.69, 9.17) is 5.11 Å². The van der Waals surface area contributed by atoms with E-state index < -0.39 is 5.97 Å². The summed E-state index contributed by atoms with van der Waals surface area (Å²) < 4.78 is 1.65. The summed E-state index contributed by atoms with van der Waals surface area (Å²) in [5.74, 6) is -1.02. The van der Waals surface area contributed by atoms with Gasteiger partial charge in [-0.3, -0.25) is 4.79 Å². The highest BCUT2D eigenvalue weighted by atomic mass is 16.4. The molecule has 0 spiro atoms. The number of carbonyl (C=O) groups excluding carboxylic acids is 1. The van der Waals surface area contributed by atoms with Crippen molar-refractivity contribution in [1.29, 1.82) is 0 Å². The van der Waals surface area contributed by atoms with Gasteiger partial charge in [-0.1, -0.05) is 0 Å². The Morgan fingerprint density at radius 3 is 3.05 bits per heavy atom. The Balaban J connectivity index is 1.67. The van der Waals surface area contributed by atoms with Gasteiger partial charge in [0.15, 0.2) is 5.69 Å². The van der Waals surface area contributed by atoms with Crippen LogP contribution in [0.15, 0.2) is 12.5 Å². The largest absolute Gasteiger partial charge is 0.476 e. The number of nitrogens with one attached hydrogen (secondary N) is 2. The first-order valence-electron chi connectivity index (χ1n) is 6.40. The quantitative estimate of drug-likeness (QED) is 0.665. The molecule has 1 aliphatic heterocycles. The van der Waals surface area contributed by atoms with Crippen LogP contribution in [-0.4, -0.2) is 45.7 Å². The van der Waals surface area contributed by atoms with Crippen LogP contribution in [0.1, 0.15) is 29.8 Å². The number of aromatic carboxylic acids is 1. The van der Waals surface area contributed by atoms with E-state index in [1.165, 1.54) is 12.5 Å². The molecule has 0 saturated carbocycles. The van der Waals surface area contributed by atoms with E-state index in [0.29, 0.717) is 25.6 Å². The van der Waals surface area contributed by atoms with Crippen LogP contribution in [0.2, 0.25) is 0 Å². The molecular weight excluding hydrogens is 248 g/mol. The number of amides is 1. The molecule has 19 heavy (non-hydrogen) atoms. The van der Waals surface area contributed by atoms with Crippen LogP contribution < -0.4 is 10.6 Å². The first-order chi connectivity index (χ1) is 9.15. The molecule has 0 radical (unpaired) electrons. The van der Waals surface area contributed by atoms with Gasteiger partial charge < -0.3 is 20.3 Å². The number of rotatable bonds is 6. The van der Waals surface area contributed by atoms with Crippen LogP contribution in [0.5, 0.6) is 0 Å². The third-order valence-electron chi connectivity index (χ3n) is 3.14. The third-order valence-corrected chi connectivity index (χ3v) is 3.14. The molecule has 7 heteroatoms. The van der Waals surface area contributed by atoms with Crippen molar-refractivity contribution >= 4 is 11.9 Å². The number of nitrogens with zero attached hydrogens (tertiary/aromatic N) is 2. The Morgan fingerprint density at radius 1 is 1.58 bits per heavy atom. The molecule has 2 heterocycles. The van der Waals surface area contributed by atoms with Crippen molar-refractivity contribution < 1.29 is 14.7 Å². The molecule has 0 aromatic carbocycles. The zero-order chi connectivity index (χ0) is 13.7. The smallest absolute Gasteiger partial charge is 0.356 e. The van der Waals surface area contributed by atoms with E-state index in [1.807, 2.05) is 0 Å². The van der Waals surface area contributed by atoms with E-state index in [0.717, 1.165) is 19.4 Å². The number of imidazole rings is 1. The fourth-order valence-corrected chi connectivity index (χ4v) is 2.14. The SMILES string of the molecule is O=C(CC1CCCN1)NCCn1cnc(C(=O)O)c1. The Morgan fingerprint density at radius 2 is 2.42 bits per heavy atom. The number of carboxylic acid groups (broad SMARTS) is 1.